The predicted molar refractivity (Wildman–Crippen MR) is 84.3 cm³/mol. The molecule has 0 bridgehead atoms. The first kappa shape index (κ1) is 20.1. The largest absolute Gasteiger partial charge is 0.481 e. The molecular weight excluding hydrogens is 340 g/mol. The Kier molecular flexibility index (Phi) is 6.15. The molecule has 0 fully saturated rings. The zero-order chi connectivity index (χ0) is 18.7. The summed E-state index contributed by atoms with van der Waals surface area (Å²) in [5.41, 5.74) is -1.13. The van der Waals surface area contributed by atoms with Crippen molar-refractivity contribution in [3.05, 3.63) is 17.4 Å². The van der Waals surface area contributed by atoms with Crippen molar-refractivity contribution in [1.82, 2.24) is 9.62 Å². The fourth-order valence-electron chi connectivity index (χ4n) is 2.11. The molecule has 0 spiro atoms. The van der Waals surface area contributed by atoms with Gasteiger partial charge in [-0.3, -0.25) is 9.59 Å². The number of carbonyl (C=O) groups excluding carboxylic acids is 1. The molecule has 0 radical (unpaired) electrons. The van der Waals surface area contributed by atoms with E-state index in [1.165, 1.54) is 35.1 Å². The maximum absolute atomic E-state index is 12.4. The van der Waals surface area contributed by atoms with E-state index in [0.29, 0.717) is 0 Å². The highest BCUT2D eigenvalue weighted by Gasteiger charge is 2.32. The Labute approximate surface area is 140 Å². The summed E-state index contributed by atoms with van der Waals surface area (Å²) < 4.78 is 35.2. The number of carbonyl (C=O) groups is 2. The van der Waals surface area contributed by atoms with Crippen LogP contribution in [0.2, 0.25) is 0 Å². The van der Waals surface area contributed by atoms with Gasteiger partial charge >= 0.3 is 5.97 Å². The number of methoxy groups -OCH3 is 1. The van der Waals surface area contributed by atoms with Crippen molar-refractivity contribution in [1.29, 1.82) is 0 Å². The van der Waals surface area contributed by atoms with Gasteiger partial charge in [-0.1, -0.05) is 0 Å². The van der Waals surface area contributed by atoms with Gasteiger partial charge in [0.15, 0.2) is 0 Å². The molecule has 0 aliphatic carbocycles. The third-order valence-corrected chi connectivity index (χ3v) is 4.97. The Balaban J connectivity index is 3.12. The quantitative estimate of drug-likeness (QED) is 0.687. The highest BCUT2D eigenvalue weighted by Crippen LogP contribution is 2.22. The summed E-state index contributed by atoms with van der Waals surface area (Å²) in [4.78, 5) is 23.4. The average Bonchev–Trinajstić information content (AvgIpc) is 2.80. The van der Waals surface area contributed by atoms with Crippen LogP contribution in [0, 0.1) is 6.92 Å². The fraction of sp³-hybridized carbons (Fsp3) is 0.571. The number of aliphatic carboxylic acids is 1. The van der Waals surface area contributed by atoms with Crippen molar-refractivity contribution in [3.8, 4) is 0 Å². The molecule has 2 N–H and O–H groups in total. The third-order valence-electron chi connectivity index (χ3n) is 3.29. The molecule has 1 amide bonds. The number of nitrogens with one attached hydrogen (secondary N) is 1. The standard InChI is InChI=1S/C14H22N2O7S/c1-9-10(6-12(23-9)24(20,21)16(3)4)13(19)15-14(2,8-22-5)7-11(17)18/h6H,7-8H2,1-5H3,(H,15,19)(H,17,18). The average molecular weight is 362 g/mol. The Hall–Kier alpha value is -1.91. The van der Waals surface area contributed by atoms with Gasteiger partial charge < -0.3 is 19.6 Å². The van der Waals surface area contributed by atoms with E-state index < -0.39 is 27.4 Å². The van der Waals surface area contributed by atoms with Gasteiger partial charge in [-0.25, -0.2) is 12.7 Å². The van der Waals surface area contributed by atoms with Gasteiger partial charge in [-0.2, -0.15) is 0 Å². The van der Waals surface area contributed by atoms with Gasteiger partial charge in [0.1, 0.15) is 5.76 Å². The van der Waals surface area contributed by atoms with E-state index in [4.69, 9.17) is 14.3 Å². The molecule has 0 aliphatic heterocycles. The number of amides is 1. The molecule has 24 heavy (non-hydrogen) atoms. The second-order valence-electron chi connectivity index (χ2n) is 5.84. The number of ether oxygens (including phenoxy) is 1. The molecule has 0 saturated heterocycles. The summed E-state index contributed by atoms with van der Waals surface area (Å²) in [5, 5.41) is 11.2. The minimum atomic E-state index is -3.82. The second-order valence-corrected chi connectivity index (χ2v) is 7.92. The topological polar surface area (TPSA) is 126 Å². The molecule has 1 atom stereocenters. The van der Waals surface area contributed by atoms with Gasteiger partial charge in [0, 0.05) is 27.3 Å². The summed E-state index contributed by atoms with van der Waals surface area (Å²) >= 11 is 0. The smallest absolute Gasteiger partial charge is 0.305 e. The molecule has 9 nitrogen and oxygen atoms in total. The number of nitrogens with zero attached hydrogens (tertiary/aromatic N) is 1. The van der Waals surface area contributed by atoms with E-state index in [1.807, 2.05) is 0 Å². The Morgan fingerprint density at radius 2 is 2.00 bits per heavy atom. The molecule has 1 aromatic rings. The summed E-state index contributed by atoms with van der Waals surface area (Å²) in [6, 6.07) is 1.12. The van der Waals surface area contributed by atoms with Crippen LogP contribution in [0.25, 0.3) is 0 Å². The van der Waals surface area contributed by atoms with Gasteiger partial charge in [0.25, 0.3) is 15.9 Å². The van der Waals surface area contributed by atoms with Crippen molar-refractivity contribution < 1.29 is 32.3 Å². The number of carboxylic acid groups (broad SMARTS) is 1. The zero-order valence-corrected chi connectivity index (χ0v) is 15.1. The molecule has 10 heteroatoms. The van der Waals surface area contributed by atoms with Crippen molar-refractivity contribution in [2.75, 3.05) is 27.8 Å². The lowest BCUT2D eigenvalue weighted by atomic mass is 9.98. The monoisotopic (exact) mass is 362 g/mol. The predicted octanol–water partition coefficient (Wildman–Crippen LogP) is 0.448. The molecular formula is C14H22N2O7S. The van der Waals surface area contributed by atoms with Crippen LogP contribution in [0.1, 0.15) is 29.5 Å². The maximum Gasteiger partial charge on any atom is 0.305 e. The van der Waals surface area contributed by atoms with E-state index in [-0.39, 0.29) is 29.4 Å². The van der Waals surface area contributed by atoms with Crippen LogP contribution in [-0.2, 0) is 19.6 Å². The van der Waals surface area contributed by atoms with E-state index >= 15 is 0 Å². The first-order valence-corrected chi connectivity index (χ1v) is 8.43. The van der Waals surface area contributed by atoms with Crippen molar-refractivity contribution in [3.63, 3.8) is 0 Å². The second kappa shape index (κ2) is 7.32. The molecule has 1 unspecified atom stereocenters. The van der Waals surface area contributed by atoms with Crippen molar-refractivity contribution >= 4 is 21.9 Å². The lowest BCUT2D eigenvalue weighted by molar-refractivity contribution is -0.139. The first-order valence-electron chi connectivity index (χ1n) is 6.99. The van der Waals surface area contributed by atoms with Crippen LogP contribution >= 0.6 is 0 Å². The molecule has 0 saturated carbocycles. The van der Waals surface area contributed by atoms with Gasteiger partial charge in [-0.15, -0.1) is 0 Å². The number of sulfonamides is 1. The Bertz CT molecular complexity index is 723. The SMILES string of the molecule is COCC(C)(CC(=O)O)NC(=O)c1cc(S(=O)(=O)N(C)C)oc1C. The summed E-state index contributed by atoms with van der Waals surface area (Å²) in [6.45, 7) is 2.95. The summed E-state index contributed by atoms with van der Waals surface area (Å²) in [7, 11) is 0.254. The number of hydrogen-bond donors (Lipinski definition) is 2. The van der Waals surface area contributed by atoms with Crippen LogP contribution in [0.15, 0.2) is 15.6 Å². The highest BCUT2D eigenvalue weighted by molar-refractivity contribution is 7.88. The van der Waals surface area contributed by atoms with Crippen molar-refractivity contribution in [2.24, 2.45) is 0 Å². The number of hydrogen-bond acceptors (Lipinski definition) is 6. The minimum absolute atomic E-state index is 0.0168. The van der Waals surface area contributed by atoms with E-state index in [1.54, 1.807) is 0 Å². The Morgan fingerprint density at radius 1 is 1.42 bits per heavy atom. The van der Waals surface area contributed by atoms with Gasteiger partial charge in [0.05, 0.1) is 24.1 Å². The lowest BCUT2D eigenvalue weighted by Gasteiger charge is -2.28. The molecule has 1 aromatic heterocycles. The van der Waals surface area contributed by atoms with Gasteiger partial charge in [-0.05, 0) is 13.8 Å². The number of carboxylic acids is 1. The zero-order valence-electron chi connectivity index (χ0n) is 14.2. The van der Waals surface area contributed by atoms with E-state index in [0.717, 1.165) is 10.4 Å². The number of furan rings is 1. The van der Waals surface area contributed by atoms with Crippen LogP contribution < -0.4 is 5.32 Å². The molecule has 136 valence electrons. The maximum atomic E-state index is 12.4. The molecule has 0 aliphatic rings. The normalized spacial score (nSPS) is 14.4. The van der Waals surface area contributed by atoms with Crippen LogP contribution in [-0.4, -0.2) is 63.1 Å². The minimum Gasteiger partial charge on any atom is -0.481 e. The summed E-state index contributed by atoms with van der Waals surface area (Å²) in [5.74, 6) is -1.63. The third kappa shape index (κ3) is 4.56. The number of aryl methyl sites for hydroxylation is 1. The fourth-order valence-corrected chi connectivity index (χ4v) is 2.97. The number of rotatable bonds is 8. The highest BCUT2D eigenvalue weighted by atomic mass is 32.2. The molecule has 1 heterocycles. The molecule has 1 rings (SSSR count). The van der Waals surface area contributed by atoms with E-state index in [2.05, 4.69) is 5.32 Å². The van der Waals surface area contributed by atoms with E-state index in [9.17, 15) is 18.0 Å². The summed E-state index contributed by atoms with van der Waals surface area (Å²) in [6.07, 6.45) is -0.355. The first-order chi connectivity index (χ1) is 10.9. The van der Waals surface area contributed by atoms with Crippen LogP contribution in [0.4, 0.5) is 0 Å². The van der Waals surface area contributed by atoms with Crippen molar-refractivity contribution in [2.45, 2.75) is 30.9 Å². The van der Waals surface area contributed by atoms with Gasteiger partial charge in [0.2, 0.25) is 5.09 Å². The molecule has 0 aromatic carbocycles. The van der Waals surface area contributed by atoms with Crippen LogP contribution in [0.3, 0.4) is 0 Å². The Morgan fingerprint density at radius 3 is 2.46 bits per heavy atom. The lowest BCUT2D eigenvalue weighted by Crippen LogP contribution is -2.50. The van der Waals surface area contributed by atoms with Crippen LogP contribution in [0.5, 0.6) is 0 Å².